The van der Waals surface area contributed by atoms with Crippen LogP contribution in [0.4, 0.5) is 0 Å². The van der Waals surface area contributed by atoms with Crippen LogP contribution in [-0.2, 0) is 11.3 Å². The molecule has 0 saturated carbocycles. The lowest BCUT2D eigenvalue weighted by Crippen LogP contribution is -2.55. The molecule has 2 amide bonds. The Hall–Kier alpha value is -3.03. The van der Waals surface area contributed by atoms with Gasteiger partial charge in [0.1, 0.15) is 5.56 Å². The highest BCUT2D eigenvalue weighted by atomic mass is 16.2. The highest BCUT2D eigenvalue weighted by Crippen LogP contribution is 2.39. The highest BCUT2D eigenvalue weighted by molar-refractivity contribution is 5.93. The first-order valence-corrected chi connectivity index (χ1v) is 9.56. The number of carbonyl (C=O) groups excluding carboxylic acids is 2. The Kier molecular flexibility index (Phi) is 4.93. The molecule has 0 aliphatic carbocycles. The van der Waals surface area contributed by atoms with E-state index in [0.29, 0.717) is 32.6 Å². The minimum Gasteiger partial charge on any atom is -0.338 e. The van der Waals surface area contributed by atoms with E-state index in [-0.39, 0.29) is 22.8 Å². The first-order chi connectivity index (χ1) is 13.6. The predicted octanol–water partition coefficient (Wildman–Crippen LogP) is 1.21. The van der Waals surface area contributed by atoms with Gasteiger partial charge in [0, 0.05) is 43.9 Å². The van der Waals surface area contributed by atoms with Gasteiger partial charge in [-0.2, -0.15) is 0 Å². The summed E-state index contributed by atoms with van der Waals surface area (Å²) in [6.45, 7) is 2.25. The lowest BCUT2D eigenvalue weighted by molar-refractivity contribution is -0.139. The van der Waals surface area contributed by atoms with Crippen molar-refractivity contribution >= 4 is 11.8 Å². The lowest BCUT2D eigenvalue weighted by Gasteiger charge is -2.48. The van der Waals surface area contributed by atoms with Gasteiger partial charge in [0.25, 0.3) is 11.5 Å². The zero-order chi connectivity index (χ0) is 19.6. The van der Waals surface area contributed by atoms with E-state index in [1.54, 1.807) is 11.1 Å². The van der Waals surface area contributed by atoms with Crippen molar-refractivity contribution in [1.29, 1.82) is 0 Å². The molecule has 4 rings (SSSR count). The number of likely N-dealkylation sites (tertiary alicyclic amines) is 2. The number of carbonyl (C=O) groups is 2. The molecule has 2 saturated heterocycles. The second-order valence-corrected chi connectivity index (χ2v) is 7.70. The van der Waals surface area contributed by atoms with Gasteiger partial charge in [-0.1, -0.05) is 6.07 Å². The molecule has 28 heavy (non-hydrogen) atoms. The van der Waals surface area contributed by atoms with E-state index in [2.05, 4.69) is 15.0 Å². The Balaban J connectivity index is 1.51. The van der Waals surface area contributed by atoms with Crippen LogP contribution >= 0.6 is 0 Å². The molecule has 1 N–H and O–H groups in total. The summed E-state index contributed by atoms with van der Waals surface area (Å²) in [5, 5.41) is 0. The first-order valence-electron chi connectivity index (χ1n) is 9.56. The van der Waals surface area contributed by atoms with Crippen LogP contribution in [0, 0.1) is 5.41 Å². The number of aromatic nitrogens is 3. The van der Waals surface area contributed by atoms with E-state index in [1.165, 1.54) is 12.5 Å². The molecular weight excluding hydrogens is 358 g/mol. The first kappa shape index (κ1) is 18.3. The molecule has 2 aromatic heterocycles. The Morgan fingerprint density at radius 2 is 2.11 bits per heavy atom. The van der Waals surface area contributed by atoms with Gasteiger partial charge in [-0.25, -0.2) is 4.98 Å². The van der Waals surface area contributed by atoms with Gasteiger partial charge < -0.3 is 14.8 Å². The smallest absolute Gasteiger partial charge is 0.263 e. The van der Waals surface area contributed by atoms with Gasteiger partial charge in [-0.15, -0.1) is 0 Å². The average molecular weight is 381 g/mol. The monoisotopic (exact) mass is 381 g/mol. The largest absolute Gasteiger partial charge is 0.338 e. The molecule has 2 aliphatic rings. The Bertz CT molecular complexity index is 929. The molecule has 0 aromatic carbocycles. The fourth-order valence-electron chi connectivity index (χ4n) is 4.31. The third-order valence-electron chi connectivity index (χ3n) is 5.72. The zero-order valence-electron chi connectivity index (χ0n) is 15.6. The number of amides is 2. The van der Waals surface area contributed by atoms with Crippen molar-refractivity contribution < 1.29 is 9.59 Å². The van der Waals surface area contributed by atoms with Crippen molar-refractivity contribution in [2.24, 2.45) is 5.41 Å². The van der Waals surface area contributed by atoms with E-state index in [1.807, 2.05) is 23.1 Å². The standard InChI is InChI=1S/C20H23N5O3/c26-17-5-7-20(13-25(17)11-15-4-1-2-8-22-15)6-3-9-24(12-20)19(28)16-10-21-14-23-18(16)27/h1-2,4,8,10,14H,3,5-7,9,11-13H2,(H,21,23,27)/t20-/m1/s1. The average Bonchev–Trinajstić information content (AvgIpc) is 2.72. The summed E-state index contributed by atoms with van der Waals surface area (Å²) in [7, 11) is 0. The van der Waals surface area contributed by atoms with Crippen LogP contribution in [-0.4, -0.2) is 56.2 Å². The zero-order valence-corrected chi connectivity index (χ0v) is 15.6. The minimum absolute atomic E-state index is 0.0665. The molecule has 1 atom stereocenters. The molecule has 2 aromatic rings. The fourth-order valence-corrected chi connectivity index (χ4v) is 4.31. The molecule has 146 valence electrons. The number of pyridine rings is 1. The number of rotatable bonds is 3. The molecule has 0 bridgehead atoms. The lowest BCUT2D eigenvalue weighted by atomic mass is 9.73. The Labute approximate surface area is 162 Å². The van der Waals surface area contributed by atoms with Gasteiger partial charge in [0.2, 0.25) is 5.91 Å². The van der Waals surface area contributed by atoms with Gasteiger partial charge in [-0.05, 0) is 31.4 Å². The second kappa shape index (κ2) is 7.53. The van der Waals surface area contributed by atoms with E-state index >= 15 is 0 Å². The summed E-state index contributed by atoms with van der Waals surface area (Å²) in [6, 6.07) is 5.69. The van der Waals surface area contributed by atoms with Crippen LogP contribution in [0.2, 0.25) is 0 Å². The molecule has 0 unspecified atom stereocenters. The van der Waals surface area contributed by atoms with Crippen molar-refractivity contribution in [2.75, 3.05) is 19.6 Å². The number of nitrogens with one attached hydrogen (secondary N) is 1. The molecule has 2 fully saturated rings. The maximum Gasteiger partial charge on any atom is 0.263 e. The SMILES string of the molecule is O=C1CC[C@@]2(CCCN(C(=O)c3cnc[nH]c3=O)C2)CN1Cc1ccccn1. The van der Waals surface area contributed by atoms with Crippen molar-refractivity contribution in [3.05, 3.63) is 58.5 Å². The van der Waals surface area contributed by atoms with Crippen LogP contribution in [0.25, 0.3) is 0 Å². The van der Waals surface area contributed by atoms with E-state index in [4.69, 9.17) is 0 Å². The molecule has 2 aliphatic heterocycles. The quantitative estimate of drug-likeness (QED) is 0.862. The van der Waals surface area contributed by atoms with Gasteiger partial charge in [0.05, 0.1) is 18.6 Å². The molecule has 1 spiro atoms. The third-order valence-corrected chi connectivity index (χ3v) is 5.72. The van der Waals surface area contributed by atoms with Crippen molar-refractivity contribution in [2.45, 2.75) is 32.2 Å². The van der Waals surface area contributed by atoms with Crippen LogP contribution < -0.4 is 5.56 Å². The van der Waals surface area contributed by atoms with E-state index in [9.17, 15) is 14.4 Å². The van der Waals surface area contributed by atoms with Crippen LogP contribution in [0.3, 0.4) is 0 Å². The van der Waals surface area contributed by atoms with Crippen molar-refractivity contribution in [3.63, 3.8) is 0 Å². The summed E-state index contributed by atoms with van der Waals surface area (Å²) in [5.74, 6) is -0.162. The molecule has 8 heteroatoms. The molecule has 8 nitrogen and oxygen atoms in total. The van der Waals surface area contributed by atoms with Gasteiger partial charge in [0.15, 0.2) is 0 Å². The summed E-state index contributed by atoms with van der Waals surface area (Å²) in [5.41, 5.74) is 0.372. The number of H-pyrrole nitrogens is 1. The van der Waals surface area contributed by atoms with Gasteiger partial charge in [-0.3, -0.25) is 19.4 Å². The molecule has 0 radical (unpaired) electrons. The van der Waals surface area contributed by atoms with Crippen molar-refractivity contribution in [1.82, 2.24) is 24.8 Å². The number of hydrogen-bond acceptors (Lipinski definition) is 5. The second-order valence-electron chi connectivity index (χ2n) is 7.70. The normalized spacial score (nSPS) is 22.5. The maximum absolute atomic E-state index is 12.9. The summed E-state index contributed by atoms with van der Waals surface area (Å²) in [6.07, 6.45) is 7.38. The third kappa shape index (κ3) is 3.67. The number of piperidine rings is 2. The molecule has 4 heterocycles. The Morgan fingerprint density at radius 1 is 1.21 bits per heavy atom. The predicted molar refractivity (Wildman–Crippen MR) is 101 cm³/mol. The minimum atomic E-state index is -0.421. The number of hydrogen-bond donors (Lipinski definition) is 1. The maximum atomic E-state index is 12.9. The van der Waals surface area contributed by atoms with E-state index in [0.717, 1.165) is 25.0 Å². The number of aromatic amines is 1. The summed E-state index contributed by atoms with van der Waals surface area (Å²) >= 11 is 0. The summed E-state index contributed by atoms with van der Waals surface area (Å²) in [4.78, 5) is 51.6. The number of nitrogens with zero attached hydrogens (tertiary/aromatic N) is 4. The highest BCUT2D eigenvalue weighted by Gasteiger charge is 2.43. The topological polar surface area (TPSA) is 99.3 Å². The fraction of sp³-hybridized carbons (Fsp3) is 0.450. The van der Waals surface area contributed by atoms with Crippen LogP contribution in [0.15, 0.2) is 41.7 Å². The van der Waals surface area contributed by atoms with E-state index < -0.39 is 5.56 Å². The molecular formula is C20H23N5O3. The van der Waals surface area contributed by atoms with Gasteiger partial charge >= 0.3 is 0 Å². The Morgan fingerprint density at radius 3 is 2.89 bits per heavy atom. The van der Waals surface area contributed by atoms with Crippen molar-refractivity contribution in [3.8, 4) is 0 Å². The summed E-state index contributed by atoms with van der Waals surface area (Å²) < 4.78 is 0. The van der Waals surface area contributed by atoms with Crippen LogP contribution in [0.1, 0.15) is 41.7 Å². The van der Waals surface area contributed by atoms with Crippen LogP contribution in [0.5, 0.6) is 0 Å².